The largest absolute Gasteiger partial charge is 0.381 e. The van der Waals surface area contributed by atoms with Crippen LogP contribution in [0.5, 0.6) is 0 Å². The standard InChI is InChI=1S/C11H16BrN3O/c12-9-1-2-10(14-7-9)11(15-13)8-3-5-16-6-4-8/h1-2,7-8,11,15H,3-6,13H2. The van der Waals surface area contributed by atoms with Crippen LogP contribution < -0.4 is 11.3 Å². The van der Waals surface area contributed by atoms with Crippen molar-refractivity contribution >= 4 is 15.9 Å². The van der Waals surface area contributed by atoms with Gasteiger partial charge in [0.1, 0.15) is 0 Å². The highest BCUT2D eigenvalue weighted by Gasteiger charge is 2.25. The van der Waals surface area contributed by atoms with Gasteiger partial charge < -0.3 is 4.74 Å². The number of pyridine rings is 1. The minimum Gasteiger partial charge on any atom is -0.381 e. The maximum atomic E-state index is 5.63. The van der Waals surface area contributed by atoms with E-state index in [-0.39, 0.29) is 6.04 Å². The first-order valence-electron chi connectivity index (χ1n) is 5.46. The summed E-state index contributed by atoms with van der Waals surface area (Å²) in [7, 11) is 0. The Morgan fingerprint density at radius 3 is 2.75 bits per heavy atom. The van der Waals surface area contributed by atoms with Gasteiger partial charge in [0.15, 0.2) is 0 Å². The van der Waals surface area contributed by atoms with Crippen LogP contribution in [-0.2, 0) is 4.74 Å². The van der Waals surface area contributed by atoms with E-state index in [0.29, 0.717) is 5.92 Å². The number of hydrogen-bond acceptors (Lipinski definition) is 4. The molecular formula is C11H16BrN3O. The Balaban J connectivity index is 2.11. The van der Waals surface area contributed by atoms with Crippen molar-refractivity contribution in [3.8, 4) is 0 Å². The summed E-state index contributed by atoms with van der Waals surface area (Å²) in [5.41, 5.74) is 3.87. The van der Waals surface area contributed by atoms with Gasteiger partial charge in [-0.2, -0.15) is 0 Å². The second-order valence-electron chi connectivity index (χ2n) is 4.00. The molecule has 2 rings (SSSR count). The normalized spacial score (nSPS) is 19.6. The zero-order chi connectivity index (χ0) is 11.4. The number of nitrogens with two attached hydrogens (primary N) is 1. The number of nitrogens with one attached hydrogen (secondary N) is 1. The summed E-state index contributed by atoms with van der Waals surface area (Å²) < 4.78 is 6.34. The molecule has 16 heavy (non-hydrogen) atoms. The van der Waals surface area contributed by atoms with Gasteiger partial charge >= 0.3 is 0 Å². The smallest absolute Gasteiger partial charge is 0.0661 e. The summed E-state index contributed by atoms with van der Waals surface area (Å²) in [5, 5.41) is 0. The van der Waals surface area contributed by atoms with Gasteiger partial charge in [-0.25, -0.2) is 0 Å². The third kappa shape index (κ3) is 2.79. The van der Waals surface area contributed by atoms with E-state index in [1.54, 1.807) is 6.20 Å². The van der Waals surface area contributed by atoms with Crippen molar-refractivity contribution < 1.29 is 4.74 Å². The summed E-state index contributed by atoms with van der Waals surface area (Å²) in [4.78, 5) is 4.39. The van der Waals surface area contributed by atoms with E-state index in [2.05, 4.69) is 26.3 Å². The monoisotopic (exact) mass is 285 g/mol. The van der Waals surface area contributed by atoms with Crippen LogP contribution in [0.15, 0.2) is 22.8 Å². The third-order valence-electron chi connectivity index (χ3n) is 2.99. The Labute approximate surface area is 104 Å². The van der Waals surface area contributed by atoms with Gasteiger partial charge in [0.25, 0.3) is 0 Å². The average Bonchev–Trinajstić information content (AvgIpc) is 2.34. The van der Waals surface area contributed by atoms with Crippen molar-refractivity contribution in [2.24, 2.45) is 11.8 Å². The van der Waals surface area contributed by atoms with Crippen molar-refractivity contribution in [2.45, 2.75) is 18.9 Å². The van der Waals surface area contributed by atoms with Gasteiger partial charge in [-0.15, -0.1) is 0 Å². The fourth-order valence-corrected chi connectivity index (χ4v) is 2.32. The van der Waals surface area contributed by atoms with Crippen molar-refractivity contribution in [3.05, 3.63) is 28.5 Å². The first kappa shape index (κ1) is 12.0. The molecule has 0 aliphatic carbocycles. The molecule has 1 fully saturated rings. The Morgan fingerprint density at radius 1 is 1.44 bits per heavy atom. The van der Waals surface area contributed by atoms with E-state index >= 15 is 0 Å². The van der Waals surface area contributed by atoms with Crippen LogP contribution in [-0.4, -0.2) is 18.2 Å². The van der Waals surface area contributed by atoms with Crippen LogP contribution in [0, 0.1) is 5.92 Å². The lowest BCUT2D eigenvalue weighted by molar-refractivity contribution is 0.0531. The van der Waals surface area contributed by atoms with Crippen LogP contribution in [0.25, 0.3) is 0 Å². The van der Waals surface area contributed by atoms with Gasteiger partial charge in [-0.3, -0.25) is 16.3 Å². The minimum absolute atomic E-state index is 0.122. The summed E-state index contributed by atoms with van der Waals surface area (Å²) in [6, 6.07) is 4.12. The van der Waals surface area contributed by atoms with E-state index < -0.39 is 0 Å². The molecule has 0 radical (unpaired) electrons. The predicted octanol–water partition coefficient (Wildman–Crippen LogP) is 1.78. The van der Waals surface area contributed by atoms with Crippen LogP contribution in [0.1, 0.15) is 24.6 Å². The number of hydrazine groups is 1. The maximum absolute atomic E-state index is 5.63. The van der Waals surface area contributed by atoms with E-state index in [0.717, 1.165) is 36.2 Å². The molecule has 1 aliphatic heterocycles. The van der Waals surface area contributed by atoms with Gasteiger partial charge in [-0.1, -0.05) is 0 Å². The van der Waals surface area contributed by atoms with E-state index in [4.69, 9.17) is 10.6 Å². The molecule has 0 saturated carbocycles. The average molecular weight is 286 g/mol. The maximum Gasteiger partial charge on any atom is 0.0661 e. The molecular weight excluding hydrogens is 270 g/mol. The van der Waals surface area contributed by atoms with E-state index in [9.17, 15) is 0 Å². The fourth-order valence-electron chi connectivity index (χ4n) is 2.08. The fraction of sp³-hybridized carbons (Fsp3) is 0.545. The van der Waals surface area contributed by atoms with E-state index in [1.165, 1.54) is 0 Å². The molecule has 1 aromatic heterocycles. The quantitative estimate of drug-likeness (QED) is 0.657. The minimum atomic E-state index is 0.122. The first-order valence-corrected chi connectivity index (χ1v) is 6.26. The number of halogens is 1. The summed E-state index contributed by atoms with van der Waals surface area (Å²) >= 11 is 3.38. The van der Waals surface area contributed by atoms with Gasteiger partial charge in [-0.05, 0) is 46.8 Å². The second-order valence-corrected chi connectivity index (χ2v) is 4.91. The molecule has 3 N–H and O–H groups in total. The molecule has 0 amide bonds. The third-order valence-corrected chi connectivity index (χ3v) is 3.45. The Hall–Kier alpha value is -0.490. The Kier molecular flexibility index (Phi) is 4.29. The number of hydrogen-bond donors (Lipinski definition) is 2. The highest BCUT2D eigenvalue weighted by molar-refractivity contribution is 9.10. The number of nitrogens with zero attached hydrogens (tertiary/aromatic N) is 1. The molecule has 88 valence electrons. The molecule has 4 nitrogen and oxygen atoms in total. The second kappa shape index (κ2) is 5.72. The lowest BCUT2D eigenvalue weighted by Crippen LogP contribution is -2.36. The molecule has 5 heteroatoms. The summed E-state index contributed by atoms with van der Waals surface area (Å²) in [6.07, 6.45) is 3.87. The van der Waals surface area contributed by atoms with Crippen LogP contribution in [0.3, 0.4) is 0 Å². The molecule has 0 bridgehead atoms. The summed E-state index contributed by atoms with van der Waals surface area (Å²) in [5.74, 6) is 6.14. The molecule has 0 spiro atoms. The number of aromatic nitrogens is 1. The lowest BCUT2D eigenvalue weighted by Gasteiger charge is -2.29. The highest BCUT2D eigenvalue weighted by atomic mass is 79.9. The summed E-state index contributed by atoms with van der Waals surface area (Å²) in [6.45, 7) is 1.64. The predicted molar refractivity (Wildman–Crippen MR) is 65.5 cm³/mol. The van der Waals surface area contributed by atoms with Crippen LogP contribution in [0.2, 0.25) is 0 Å². The molecule has 1 atom stereocenters. The molecule has 1 aliphatic rings. The number of rotatable bonds is 3. The van der Waals surface area contributed by atoms with E-state index in [1.807, 2.05) is 12.1 Å². The Bertz CT molecular complexity index is 325. The SMILES string of the molecule is NNC(c1ccc(Br)cn1)C1CCOCC1. The van der Waals surface area contributed by atoms with Crippen molar-refractivity contribution in [1.82, 2.24) is 10.4 Å². The van der Waals surface area contributed by atoms with Crippen molar-refractivity contribution in [2.75, 3.05) is 13.2 Å². The van der Waals surface area contributed by atoms with Crippen LogP contribution in [0.4, 0.5) is 0 Å². The number of ether oxygens (including phenoxy) is 1. The molecule has 1 aromatic rings. The zero-order valence-corrected chi connectivity index (χ0v) is 10.6. The van der Waals surface area contributed by atoms with Gasteiger partial charge in [0.05, 0.1) is 11.7 Å². The van der Waals surface area contributed by atoms with Crippen molar-refractivity contribution in [1.29, 1.82) is 0 Å². The topological polar surface area (TPSA) is 60.2 Å². The van der Waals surface area contributed by atoms with Crippen LogP contribution >= 0.6 is 15.9 Å². The zero-order valence-electron chi connectivity index (χ0n) is 9.03. The van der Waals surface area contributed by atoms with Gasteiger partial charge in [0, 0.05) is 23.9 Å². The Morgan fingerprint density at radius 2 is 2.19 bits per heavy atom. The molecule has 1 saturated heterocycles. The first-order chi connectivity index (χ1) is 7.81. The molecule has 0 aromatic carbocycles. The lowest BCUT2D eigenvalue weighted by atomic mass is 9.90. The van der Waals surface area contributed by atoms with Crippen molar-refractivity contribution in [3.63, 3.8) is 0 Å². The highest BCUT2D eigenvalue weighted by Crippen LogP contribution is 2.28. The molecule has 2 heterocycles. The molecule has 1 unspecified atom stereocenters. The van der Waals surface area contributed by atoms with Gasteiger partial charge in [0.2, 0.25) is 0 Å².